The molecule has 0 amide bonds. The molecule has 0 spiro atoms. The molecule has 0 atom stereocenters. The summed E-state index contributed by atoms with van der Waals surface area (Å²) in [5.41, 5.74) is 4.11. The molecule has 1 rings (SSSR count). The highest BCUT2D eigenvalue weighted by Crippen LogP contribution is 2.07. The molecule has 0 heteroatoms. The molecule has 1 aromatic carbocycles. The first-order valence-corrected chi connectivity index (χ1v) is 4.99. The number of benzene rings is 1. The molecule has 0 unspecified atom stereocenters. The van der Waals surface area contributed by atoms with Gasteiger partial charge in [-0.3, -0.25) is 0 Å². The SMILES string of the molecule is C.C.C#C.CCC.Cc1ccc(C)c(C)c1. The van der Waals surface area contributed by atoms with Gasteiger partial charge in [0, 0.05) is 0 Å². The van der Waals surface area contributed by atoms with E-state index in [-0.39, 0.29) is 14.9 Å². The first kappa shape index (κ1) is 24.2. The van der Waals surface area contributed by atoms with Crippen molar-refractivity contribution >= 4 is 0 Å². The number of hydrogen-bond donors (Lipinski definition) is 0. The van der Waals surface area contributed by atoms with Crippen LogP contribution < -0.4 is 0 Å². The maximum atomic E-state index is 4.00. The van der Waals surface area contributed by atoms with E-state index in [1.165, 1.54) is 23.1 Å². The number of hydrogen-bond acceptors (Lipinski definition) is 0. The van der Waals surface area contributed by atoms with Crippen molar-refractivity contribution in [2.24, 2.45) is 0 Å². The van der Waals surface area contributed by atoms with Crippen molar-refractivity contribution in [2.45, 2.75) is 55.9 Å². The largest absolute Gasteiger partial charge is 0.124 e. The van der Waals surface area contributed by atoms with Gasteiger partial charge in [-0.25, -0.2) is 0 Å². The van der Waals surface area contributed by atoms with Gasteiger partial charge >= 0.3 is 0 Å². The number of rotatable bonds is 0. The minimum absolute atomic E-state index is 0. The Labute approximate surface area is 104 Å². The third-order valence-corrected chi connectivity index (χ3v) is 1.66. The average molecular weight is 222 g/mol. The van der Waals surface area contributed by atoms with Crippen molar-refractivity contribution in [2.75, 3.05) is 0 Å². The molecule has 0 aliphatic heterocycles. The van der Waals surface area contributed by atoms with E-state index < -0.39 is 0 Å². The molecule has 1 aromatic rings. The van der Waals surface area contributed by atoms with E-state index in [1.54, 1.807) is 0 Å². The zero-order chi connectivity index (χ0) is 11.6. The Balaban J connectivity index is -0.0000000907. The Hall–Kier alpha value is -1.22. The molecule has 0 N–H and O–H groups in total. The van der Waals surface area contributed by atoms with Crippen LogP contribution in [0.3, 0.4) is 0 Å². The van der Waals surface area contributed by atoms with Crippen molar-refractivity contribution in [1.82, 2.24) is 0 Å². The Bertz CT molecular complexity index is 256. The fourth-order valence-electron chi connectivity index (χ4n) is 0.891. The van der Waals surface area contributed by atoms with Crippen LogP contribution in [0.5, 0.6) is 0 Å². The Kier molecular flexibility index (Phi) is 24.5. The van der Waals surface area contributed by atoms with E-state index in [4.69, 9.17) is 0 Å². The van der Waals surface area contributed by atoms with Gasteiger partial charge in [0.15, 0.2) is 0 Å². The summed E-state index contributed by atoms with van der Waals surface area (Å²) in [6.07, 6.45) is 9.25. The highest BCUT2D eigenvalue weighted by atomic mass is 13.9. The van der Waals surface area contributed by atoms with Crippen molar-refractivity contribution in [1.29, 1.82) is 0 Å². The van der Waals surface area contributed by atoms with E-state index in [1.807, 2.05) is 0 Å². The van der Waals surface area contributed by atoms with Crippen LogP contribution in [0.4, 0.5) is 0 Å². The van der Waals surface area contributed by atoms with Crippen molar-refractivity contribution in [3.8, 4) is 12.8 Å². The molecule has 0 aliphatic carbocycles. The topological polar surface area (TPSA) is 0 Å². The zero-order valence-electron chi connectivity index (χ0n) is 10.1. The summed E-state index contributed by atoms with van der Waals surface area (Å²) in [6, 6.07) is 6.50. The molecule has 0 bridgehead atoms. The molecule has 0 heterocycles. The van der Waals surface area contributed by atoms with Gasteiger partial charge in [-0.1, -0.05) is 58.9 Å². The van der Waals surface area contributed by atoms with Crippen LogP contribution in [0.1, 0.15) is 51.8 Å². The van der Waals surface area contributed by atoms with E-state index in [0.29, 0.717) is 0 Å². The van der Waals surface area contributed by atoms with Gasteiger partial charge in [-0.05, 0) is 31.9 Å². The summed E-state index contributed by atoms with van der Waals surface area (Å²) in [4.78, 5) is 0. The molecule has 16 heavy (non-hydrogen) atoms. The van der Waals surface area contributed by atoms with E-state index in [0.717, 1.165) is 0 Å². The number of terminal acetylenes is 1. The zero-order valence-corrected chi connectivity index (χ0v) is 10.1. The monoisotopic (exact) mass is 222 g/mol. The Morgan fingerprint density at radius 2 is 1.25 bits per heavy atom. The van der Waals surface area contributed by atoms with Gasteiger partial charge in [0.1, 0.15) is 0 Å². The van der Waals surface area contributed by atoms with Crippen LogP contribution >= 0.6 is 0 Å². The van der Waals surface area contributed by atoms with Crippen molar-refractivity contribution < 1.29 is 0 Å². The van der Waals surface area contributed by atoms with Gasteiger partial charge in [0.2, 0.25) is 0 Å². The molecule has 94 valence electrons. The standard InChI is InChI=1S/C9H12.C3H8.C2H2.2CH4/c1-7-4-5-8(2)9(3)6-7;1-3-2;1-2;;/h4-6H,1-3H3;3H2,1-2H3;1-2H;2*1H4. The molecule has 0 radical (unpaired) electrons. The second-order valence-corrected chi connectivity index (χ2v) is 3.29. The summed E-state index contributed by atoms with van der Waals surface area (Å²) in [7, 11) is 0. The van der Waals surface area contributed by atoms with Gasteiger partial charge in [0.25, 0.3) is 0 Å². The average Bonchev–Trinajstić information content (AvgIpc) is 2.17. The summed E-state index contributed by atoms with van der Waals surface area (Å²) >= 11 is 0. The summed E-state index contributed by atoms with van der Waals surface area (Å²) in [5, 5.41) is 0. The van der Waals surface area contributed by atoms with Gasteiger partial charge < -0.3 is 0 Å². The maximum absolute atomic E-state index is 4.00. The molecule has 0 aliphatic rings. The molecule has 0 aromatic heterocycles. The van der Waals surface area contributed by atoms with Gasteiger partial charge in [-0.2, -0.15) is 0 Å². The normalized spacial score (nSPS) is 6.69. The van der Waals surface area contributed by atoms with Gasteiger partial charge in [-0.15, -0.1) is 12.8 Å². The van der Waals surface area contributed by atoms with Crippen molar-refractivity contribution in [3.05, 3.63) is 34.9 Å². The second kappa shape index (κ2) is 16.2. The fourth-order valence-corrected chi connectivity index (χ4v) is 0.891. The van der Waals surface area contributed by atoms with E-state index in [9.17, 15) is 0 Å². The quantitative estimate of drug-likeness (QED) is 0.505. The lowest BCUT2D eigenvalue weighted by molar-refractivity contribution is 1.09. The Morgan fingerprint density at radius 3 is 1.50 bits per heavy atom. The molecule has 0 saturated heterocycles. The highest BCUT2D eigenvalue weighted by molar-refractivity contribution is 5.28. The van der Waals surface area contributed by atoms with Crippen LogP contribution in [0.15, 0.2) is 18.2 Å². The Morgan fingerprint density at radius 1 is 0.875 bits per heavy atom. The minimum Gasteiger partial charge on any atom is -0.124 e. The lowest BCUT2D eigenvalue weighted by Crippen LogP contribution is -1.79. The number of aryl methyl sites for hydroxylation is 3. The van der Waals surface area contributed by atoms with Gasteiger partial charge in [0.05, 0.1) is 0 Å². The predicted molar refractivity (Wildman–Crippen MR) is 80.0 cm³/mol. The molecule has 0 fully saturated rings. The minimum atomic E-state index is 0. The maximum Gasteiger partial charge on any atom is -0.0395 e. The third kappa shape index (κ3) is 12.8. The van der Waals surface area contributed by atoms with Crippen LogP contribution in [-0.4, -0.2) is 0 Å². The van der Waals surface area contributed by atoms with E-state index >= 15 is 0 Å². The predicted octanol–water partition coefficient (Wildman–Crippen LogP) is 5.55. The second-order valence-electron chi connectivity index (χ2n) is 3.29. The molecule has 0 saturated carbocycles. The summed E-state index contributed by atoms with van der Waals surface area (Å²) in [5.74, 6) is 0. The first-order chi connectivity index (χ1) is 6.61. The fraction of sp³-hybridized carbons (Fsp3) is 0.500. The third-order valence-electron chi connectivity index (χ3n) is 1.66. The van der Waals surface area contributed by atoms with Crippen molar-refractivity contribution in [3.63, 3.8) is 0 Å². The highest BCUT2D eigenvalue weighted by Gasteiger charge is 1.89. The summed E-state index contributed by atoms with van der Waals surface area (Å²) in [6.45, 7) is 10.6. The van der Waals surface area contributed by atoms with Crippen LogP contribution in [0, 0.1) is 33.6 Å². The first-order valence-electron chi connectivity index (χ1n) is 4.99. The van der Waals surface area contributed by atoms with Crippen LogP contribution in [-0.2, 0) is 0 Å². The molecular formula is C16H30. The summed E-state index contributed by atoms with van der Waals surface area (Å²) < 4.78 is 0. The molecule has 0 nitrogen and oxygen atoms in total. The lowest BCUT2D eigenvalue weighted by atomic mass is 10.1. The molecular weight excluding hydrogens is 192 g/mol. The lowest BCUT2D eigenvalue weighted by Gasteiger charge is -1.98. The van der Waals surface area contributed by atoms with Crippen LogP contribution in [0.2, 0.25) is 0 Å². The van der Waals surface area contributed by atoms with Crippen LogP contribution in [0.25, 0.3) is 0 Å². The smallest absolute Gasteiger partial charge is 0.0395 e. The van der Waals surface area contributed by atoms with E-state index in [2.05, 4.69) is 65.7 Å².